The quantitative estimate of drug-likeness (QED) is 0.751. The first-order valence-electron chi connectivity index (χ1n) is 5.38. The third-order valence-corrected chi connectivity index (χ3v) is 2.38. The molecule has 0 amide bonds. The van der Waals surface area contributed by atoms with E-state index in [0.29, 0.717) is 17.2 Å². The maximum absolute atomic E-state index is 10.8. The molecule has 7 nitrogen and oxygen atoms in total. The number of ether oxygens (including phenoxy) is 2. The van der Waals surface area contributed by atoms with Gasteiger partial charge in [0.25, 0.3) is 0 Å². The highest BCUT2D eigenvalue weighted by Gasteiger charge is 2.16. The van der Waals surface area contributed by atoms with Crippen LogP contribution in [0.5, 0.6) is 11.5 Å². The van der Waals surface area contributed by atoms with Gasteiger partial charge in [-0.1, -0.05) is 0 Å². The summed E-state index contributed by atoms with van der Waals surface area (Å²) in [4.78, 5) is 22.7. The summed E-state index contributed by atoms with van der Waals surface area (Å²) in [7, 11) is 2.92. The Bertz CT molecular complexity index is 457. The van der Waals surface area contributed by atoms with E-state index >= 15 is 0 Å². The summed E-state index contributed by atoms with van der Waals surface area (Å²) in [6.45, 7) is -0.830. The van der Waals surface area contributed by atoms with Crippen LogP contribution in [0.15, 0.2) is 18.2 Å². The van der Waals surface area contributed by atoms with Gasteiger partial charge in [-0.2, -0.15) is 0 Å². The molecule has 19 heavy (non-hydrogen) atoms. The van der Waals surface area contributed by atoms with Gasteiger partial charge in [0, 0.05) is 11.8 Å². The molecule has 0 spiro atoms. The second kappa shape index (κ2) is 6.48. The Morgan fingerprint density at radius 1 is 1.05 bits per heavy atom. The van der Waals surface area contributed by atoms with Crippen LogP contribution in [0.1, 0.15) is 0 Å². The molecule has 1 aromatic carbocycles. The highest BCUT2D eigenvalue weighted by molar-refractivity contribution is 5.80. The topological polar surface area (TPSA) is 96.3 Å². The van der Waals surface area contributed by atoms with Gasteiger partial charge in [-0.25, -0.2) is 0 Å². The Morgan fingerprint density at radius 2 is 1.58 bits per heavy atom. The maximum Gasteiger partial charge on any atom is 0.323 e. The van der Waals surface area contributed by atoms with E-state index in [-0.39, 0.29) is 0 Å². The van der Waals surface area contributed by atoms with E-state index in [2.05, 4.69) is 0 Å². The Kier molecular flexibility index (Phi) is 4.99. The number of benzene rings is 1. The van der Waals surface area contributed by atoms with Crippen molar-refractivity contribution < 1.29 is 29.3 Å². The molecule has 1 rings (SSSR count). The molecule has 0 aliphatic heterocycles. The molecule has 2 N–H and O–H groups in total. The SMILES string of the molecule is COc1ccc(N(CC(=O)O)CC(=O)O)cc1OC. The number of carbonyl (C=O) groups is 2. The first-order chi connectivity index (χ1) is 8.97. The Hall–Kier alpha value is -2.44. The van der Waals surface area contributed by atoms with Crippen LogP contribution in [0.25, 0.3) is 0 Å². The lowest BCUT2D eigenvalue weighted by Gasteiger charge is -2.21. The Balaban J connectivity index is 3.07. The van der Waals surface area contributed by atoms with Crippen molar-refractivity contribution in [2.75, 3.05) is 32.2 Å². The summed E-state index contributed by atoms with van der Waals surface area (Å²) in [5.41, 5.74) is 0.433. The van der Waals surface area contributed by atoms with Crippen LogP contribution < -0.4 is 14.4 Å². The third kappa shape index (κ3) is 4.06. The molecule has 1 aromatic rings. The average molecular weight is 269 g/mol. The summed E-state index contributed by atoms with van der Waals surface area (Å²) in [5.74, 6) is -1.34. The summed E-state index contributed by atoms with van der Waals surface area (Å²) in [5, 5.41) is 17.6. The van der Waals surface area contributed by atoms with Gasteiger partial charge in [0.15, 0.2) is 11.5 Å². The van der Waals surface area contributed by atoms with Gasteiger partial charge in [0.2, 0.25) is 0 Å². The molecule has 0 aromatic heterocycles. The van der Waals surface area contributed by atoms with Gasteiger partial charge < -0.3 is 24.6 Å². The second-order valence-electron chi connectivity index (χ2n) is 3.68. The predicted octanol–water partition coefficient (Wildman–Crippen LogP) is 0.679. The van der Waals surface area contributed by atoms with Crippen LogP contribution in [-0.2, 0) is 9.59 Å². The summed E-state index contributed by atoms with van der Waals surface area (Å²) in [6, 6.07) is 4.70. The molecular weight excluding hydrogens is 254 g/mol. The van der Waals surface area contributed by atoms with Crippen molar-refractivity contribution in [3.05, 3.63) is 18.2 Å². The summed E-state index contributed by atoms with van der Waals surface area (Å²) in [6.07, 6.45) is 0. The molecule has 0 aliphatic rings. The molecule has 0 heterocycles. The van der Waals surface area contributed by atoms with Gasteiger partial charge in [-0.15, -0.1) is 0 Å². The molecular formula is C12H15NO6. The largest absolute Gasteiger partial charge is 0.493 e. The number of hydrogen-bond acceptors (Lipinski definition) is 5. The zero-order valence-corrected chi connectivity index (χ0v) is 10.6. The van der Waals surface area contributed by atoms with Crippen molar-refractivity contribution >= 4 is 17.6 Å². The van der Waals surface area contributed by atoms with Crippen LogP contribution in [0.4, 0.5) is 5.69 Å². The number of nitrogens with zero attached hydrogens (tertiary/aromatic N) is 1. The normalized spacial score (nSPS) is 9.79. The Morgan fingerprint density at radius 3 is 2.00 bits per heavy atom. The Labute approximate surface area is 110 Å². The number of rotatable bonds is 7. The van der Waals surface area contributed by atoms with E-state index in [9.17, 15) is 9.59 Å². The first-order valence-corrected chi connectivity index (χ1v) is 5.38. The van der Waals surface area contributed by atoms with E-state index in [1.54, 1.807) is 12.1 Å². The van der Waals surface area contributed by atoms with E-state index in [1.165, 1.54) is 25.2 Å². The highest BCUT2D eigenvalue weighted by atomic mass is 16.5. The molecule has 0 radical (unpaired) electrons. The van der Waals surface area contributed by atoms with E-state index in [4.69, 9.17) is 19.7 Å². The lowest BCUT2D eigenvalue weighted by molar-refractivity contribution is -0.136. The average Bonchev–Trinajstić information content (AvgIpc) is 2.36. The molecule has 104 valence electrons. The molecule has 0 saturated carbocycles. The van der Waals surface area contributed by atoms with Gasteiger partial charge in [-0.05, 0) is 12.1 Å². The van der Waals surface area contributed by atoms with Crippen molar-refractivity contribution in [1.29, 1.82) is 0 Å². The zero-order valence-electron chi connectivity index (χ0n) is 10.6. The molecule has 0 atom stereocenters. The summed E-state index contributed by atoms with van der Waals surface area (Å²) < 4.78 is 10.1. The van der Waals surface area contributed by atoms with Crippen LogP contribution in [0, 0.1) is 0 Å². The van der Waals surface area contributed by atoms with Gasteiger partial charge >= 0.3 is 11.9 Å². The molecule has 0 saturated heterocycles. The smallest absolute Gasteiger partial charge is 0.323 e. The number of anilines is 1. The fraction of sp³-hybridized carbons (Fsp3) is 0.333. The monoisotopic (exact) mass is 269 g/mol. The number of carboxylic acid groups (broad SMARTS) is 2. The number of carboxylic acids is 2. The maximum atomic E-state index is 10.8. The van der Waals surface area contributed by atoms with E-state index in [1.807, 2.05) is 0 Å². The van der Waals surface area contributed by atoms with Gasteiger partial charge in [0.05, 0.1) is 14.2 Å². The van der Waals surface area contributed by atoms with E-state index in [0.717, 1.165) is 0 Å². The minimum absolute atomic E-state index is 0.403. The third-order valence-electron chi connectivity index (χ3n) is 2.38. The lowest BCUT2D eigenvalue weighted by atomic mass is 10.2. The highest BCUT2D eigenvalue weighted by Crippen LogP contribution is 2.31. The molecule has 7 heteroatoms. The van der Waals surface area contributed by atoms with Crippen LogP contribution in [0.3, 0.4) is 0 Å². The molecule has 0 aliphatic carbocycles. The van der Waals surface area contributed by atoms with Crippen LogP contribution in [0.2, 0.25) is 0 Å². The van der Waals surface area contributed by atoms with Crippen molar-refractivity contribution in [2.45, 2.75) is 0 Å². The lowest BCUT2D eigenvalue weighted by Crippen LogP contribution is -2.34. The number of aliphatic carboxylic acids is 2. The number of methoxy groups -OCH3 is 2. The predicted molar refractivity (Wildman–Crippen MR) is 67.0 cm³/mol. The molecule has 0 unspecified atom stereocenters. The fourth-order valence-electron chi connectivity index (χ4n) is 1.59. The van der Waals surface area contributed by atoms with Crippen molar-refractivity contribution in [2.24, 2.45) is 0 Å². The summed E-state index contributed by atoms with van der Waals surface area (Å²) >= 11 is 0. The van der Waals surface area contributed by atoms with Crippen LogP contribution >= 0.6 is 0 Å². The van der Waals surface area contributed by atoms with Gasteiger partial charge in [-0.3, -0.25) is 9.59 Å². The minimum Gasteiger partial charge on any atom is -0.493 e. The second-order valence-corrected chi connectivity index (χ2v) is 3.68. The van der Waals surface area contributed by atoms with Crippen LogP contribution in [-0.4, -0.2) is 49.5 Å². The molecule has 0 bridgehead atoms. The van der Waals surface area contributed by atoms with Crippen molar-refractivity contribution in [1.82, 2.24) is 0 Å². The van der Waals surface area contributed by atoms with E-state index < -0.39 is 25.0 Å². The molecule has 0 fully saturated rings. The van der Waals surface area contributed by atoms with Crippen molar-refractivity contribution in [3.8, 4) is 11.5 Å². The minimum atomic E-state index is -1.11. The number of hydrogen-bond donors (Lipinski definition) is 2. The van der Waals surface area contributed by atoms with Gasteiger partial charge in [0.1, 0.15) is 13.1 Å². The first kappa shape index (κ1) is 14.6. The zero-order chi connectivity index (χ0) is 14.4. The standard InChI is InChI=1S/C12H15NO6/c1-18-9-4-3-8(5-10(9)19-2)13(6-11(14)15)7-12(16)17/h3-5H,6-7H2,1-2H3,(H,14,15)(H,16,17). The fourth-order valence-corrected chi connectivity index (χ4v) is 1.59. The van der Waals surface area contributed by atoms with Crippen molar-refractivity contribution in [3.63, 3.8) is 0 Å².